The zero-order valence-corrected chi connectivity index (χ0v) is 9.63. The highest BCUT2D eigenvalue weighted by molar-refractivity contribution is 5.26. The molecule has 88 valence electrons. The Balaban J connectivity index is 2.05. The number of aromatic hydroxyl groups is 1. The lowest BCUT2D eigenvalue weighted by molar-refractivity contribution is 0.118. The van der Waals surface area contributed by atoms with Gasteiger partial charge in [0.1, 0.15) is 5.75 Å². The van der Waals surface area contributed by atoms with Crippen molar-refractivity contribution in [1.29, 1.82) is 0 Å². The summed E-state index contributed by atoms with van der Waals surface area (Å²) in [6.07, 6.45) is 1.51. The van der Waals surface area contributed by atoms with Gasteiger partial charge in [0.05, 0.1) is 6.10 Å². The first-order chi connectivity index (χ1) is 7.70. The molecule has 3 heteroatoms. The van der Waals surface area contributed by atoms with Crippen LogP contribution in [0.4, 0.5) is 0 Å². The second-order valence-corrected chi connectivity index (χ2v) is 4.42. The fourth-order valence-corrected chi connectivity index (χ4v) is 2.43. The van der Waals surface area contributed by atoms with Crippen molar-refractivity contribution in [3.05, 3.63) is 29.8 Å². The molecule has 0 bridgehead atoms. The molecule has 0 spiro atoms. The summed E-state index contributed by atoms with van der Waals surface area (Å²) in [5.41, 5.74) is 1.17. The first-order valence-corrected chi connectivity index (χ1v) is 5.90. The molecule has 1 aromatic rings. The highest BCUT2D eigenvalue weighted by atomic mass is 16.3. The molecule has 2 unspecified atom stereocenters. The molecule has 1 aliphatic rings. The minimum atomic E-state index is -0.214. The fraction of sp³-hybridized carbons (Fsp3) is 0.538. The van der Waals surface area contributed by atoms with E-state index in [0.717, 1.165) is 25.9 Å². The van der Waals surface area contributed by atoms with Gasteiger partial charge in [0.2, 0.25) is 0 Å². The first-order valence-electron chi connectivity index (χ1n) is 5.90. The molecule has 1 saturated heterocycles. The predicted molar refractivity (Wildman–Crippen MR) is 63.5 cm³/mol. The summed E-state index contributed by atoms with van der Waals surface area (Å²) in [4.78, 5) is 2.32. The van der Waals surface area contributed by atoms with E-state index in [0.29, 0.717) is 5.75 Å². The number of benzene rings is 1. The van der Waals surface area contributed by atoms with Crippen molar-refractivity contribution >= 4 is 0 Å². The van der Waals surface area contributed by atoms with Crippen molar-refractivity contribution in [1.82, 2.24) is 4.90 Å². The molecule has 0 radical (unpaired) electrons. The quantitative estimate of drug-likeness (QED) is 0.810. The number of phenolic OH excluding ortho intramolecular Hbond substituents is 1. The monoisotopic (exact) mass is 221 g/mol. The third-order valence-corrected chi connectivity index (χ3v) is 3.41. The minimum Gasteiger partial charge on any atom is -0.508 e. The number of rotatable bonds is 3. The average Bonchev–Trinajstić information content (AvgIpc) is 2.63. The van der Waals surface area contributed by atoms with Crippen LogP contribution in [0.3, 0.4) is 0 Å². The molecule has 2 atom stereocenters. The van der Waals surface area contributed by atoms with Gasteiger partial charge in [0.25, 0.3) is 0 Å². The number of aliphatic hydroxyl groups is 1. The summed E-state index contributed by atoms with van der Waals surface area (Å²) in [6, 6.07) is 7.48. The van der Waals surface area contributed by atoms with Crippen LogP contribution in [0.15, 0.2) is 24.3 Å². The Morgan fingerprint density at radius 2 is 2.00 bits per heavy atom. The number of nitrogens with zero attached hydrogens (tertiary/aromatic N) is 1. The molecule has 0 aromatic heterocycles. The van der Waals surface area contributed by atoms with Crippen molar-refractivity contribution in [2.24, 2.45) is 0 Å². The molecule has 3 nitrogen and oxygen atoms in total. The van der Waals surface area contributed by atoms with Crippen LogP contribution in [-0.4, -0.2) is 40.3 Å². The molecule has 16 heavy (non-hydrogen) atoms. The van der Waals surface area contributed by atoms with E-state index in [1.54, 1.807) is 12.1 Å². The van der Waals surface area contributed by atoms with Crippen LogP contribution in [0.5, 0.6) is 5.75 Å². The average molecular weight is 221 g/mol. The van der Waals surface area contributed by atoms with Crippen LogP contribution in [0, 0.1) is 0 Å². The van der Waals surface area contributed by atoms with Crippen LogP contribution >= 0.6 is 0 Å². The van der Waals surface area contributed by atoms with Gasteiger partial charge in [0, 0.05) is 12.6 Å². The second-order valence-electron chi connectivity index (χ2n) is 4.42. The fourth-order valence-electron chi connectivity index (χ4n) is 2.43. The van der Waals surface area contributed by atoms with Crippen molar-refractivity contribution in [2.45, 2.75) is 31.9 Å². The van der Waals surface area contributed by atoms with Gasteiger partial charge in [-0.05, 0) is 37.1 Å². The molecular weight excluding hydrogens is 202 g/mol. The lowest BCUT2D eigenvalue weighted by Crippen LogP contribution is -2.36. The van der Waals surface area contributed by atoms with Gasteiger partial charge in [-0.3, -0.25) is 4.90 Å². The molecule has 0 saturated carbocycles. The summed E-state index contributed by atoms with van der Waals surface area (Å²) < 4.78 is 0. The maximum absolute atomic E-state index is 9.92. The van der Waals surface area contributed by atoms with E-state index in [1.807, 2.05) is 12.1 Å². The number of aliphatic hydroxyl groups excluding tert-OH is 1. The molecular formula is C13H19NO2. The summed E-state index contributed by atoms with van der Waals surface area (Å²) in [5.74, 6) is 0.295. The number of hydrogen-bond donors (Lipinski definition) is 2. The van der Waals surface area contributed by atoms with Gasteiger partial charge in [0.15, 0.2) is 0 Å². The zero-order chi connectivity index (χ0) is 11.5. The Morgan fingerprint density at radius 1 is 1.31 bits per heavy atom. The maximum atomic E-state index is 9.92. The Morgan fingerprint density at radius 3 is 2.62 bits per heavy atom. The summed E-state index contributed by atoms with van der Waals surface area (Å²) in [5, 5.41) is 19.1. The third kappa shape index (κ3) is 2.36. The van der Waals surface area contributed by atoms with Crippen molar-refractivity contribution < 1.29 is 10.2 Å². The Labute approximate surface area is 96.3 Å². The van der Waals surface area contributed by atoms with Crippen molar-refractivity contribution in [2.75, 3.05) is 13.1 Å². The van der Waals surface area contributed by atoms with Crippen LogP contribution in [-0.2, 0) is 6.42 Å². The Hall–Kier alpha value is -1.06. The Kier molecular flexibility index (Phi) is 3.46. The van der Waals surface area contributed by atoms with Gasteiger partial charge in [-0.2, -0.15) is 0 Å². The second kappa shape index (κ2) is 4.85. The summed E-state index contributed by atoms with van der Waals surface area (Å²) >= 11 is 0. The minimum absolute atomic E-state index is 0.214. The number of likely N-dealkylation sites (tertiary alicyclic amines) is 1. The van der Waals surface area contributed by atoms with Gasteiger partial charge in [-0.1, -0.05) is 19.1 Å². The Bertz CT molecular complexity index is 336. The van der Waals surface area contributed by atoms with E-state index >= 15 is 0 Å². The van der Waals surface area contributed by atoms with Crippen LogP contribution in [0.2, 0.25) is 0 Å². The van der Waals surface area contributed by atoms with Crippen LogP contribution < -0.4 is 0 Å². The maximum Gasteiger partial charge on any atom is 0.115 e. The van der Waals surface area contributed by atoms with E-state index in [9.17, 15) is 10.2 Å². The van der Waals surface area contributed by atoms with Crippen LogP contribution in [0.1, 0.15) is 18.9 Å². The molecule has 1 aliphatic heterocycles. The number of hydrogen-bond acceptors (Lipinski definition) is 3. The smallest absolute Gasteiger partial charge is 0.115 e. The van der Waals surface area contributed by atoms with E-state index < -0.39 is 0 Å². The first kappa shape index (κ1) is 11.4. The van der Waals surface area contributed by atoms with Gasteiger partial charge in [-0.15, -0.1) is 0 Å². The predicted octanol–water partition coefficient (Wildman–Crippen LogP) is 1.39. The third-order valence-electron chi connectivity index (χ3n) is 3.41. The van der Waals surface area contributed by atoms with E-state index in [-0.39, 0.29) is 12.1 Å². The molecule has 1 fully saturated rings. The zero-order valence-electron chi connectivity index (χ0n) is 9.63. The largest absolute Gasteiger partial charge is 0.508 e. The molecule has 2 rings (SSSR count). The topological polar surface area (TPSA) is 43.7 Å². The molecule has 0 amide bonds. The van der Waals surface area contributed by atoms with Gasteiger partial charge in [-0.25, -0.2) is 0 Å². The van der Waals surface area contributed by atoms with Crippen molar-refractivity contribution in [3.8, 4) is 5.75 Å². The molecule has 2 N–H and O–H groups in total. The molecule has 1 heterocycles. The lowest BCUT2D eigenvalue weighted by atomic mass is 10.0. The highest BCUT2D eigenvalue weighted by Gasteiger charge is 2.31. The lowest BCUT2D eigenvalue weighted by Gasteiger charge is -2.24. The van der Waals surface area contributed by atoms with Crippen molar-refractivity contribution in [3.63, 3.8) is 0 Å². The standard InChI is InChI=1S/C13H19NO2/c1-2-14-8-7-13(16)12(14)9-10-3-5-11(15)6-4-10/h3-6,12-13,15-16H,2,7-9H2,1H3. The molecule has 1 aromatic carbocycles. The summed E-state index contributed by atoms with van der Waals surface area (Å²) in [7, 11) is 0. The van der Waals surface area contributed by atoms with E-state index in [1.165, 1.54) is 5.56 Å². The SMILES string of the molecule is CCN1CCC(O)C1Cc1ccc(O)cc1. The van der Waals surface area contributed by atoms with Gasteiger partial charge < -0.3 is 10.2 Å². The van der Waals surface area contributed by atoms with Gasteiger partial charge >= 0.3 is 0 Å². The highest BCUT2D eigenvalue weighted by Crippen LogP contribution is 2.22. The van der Waals surface area contributed by atoms with E-state index in [4.69, 9.17) is 0 Å². The van der Waals surface area contributed by atoms with E-state index in [2.05, 4.69) is 11.8 Å². The number of likely N-dealkylation sites (N-methyl/N-ethyl adjacent to an activating group) is 1. The van der Waals surface area contributed by atoms with Crippen LogP contribution in [0.25, 0.3) is 0 Å². The number of phenols is 1. The normalized spacial score (nSPS) is 26.1. The summed E-state index contributed by atoms with van der Waals surface area (Å²) in [6.45, 7) is 4.10. The molecule has 0 aliphatic carbocycles.